The van der Waals surface area contributed by atoms with Gasteiger partial charge in [-0.15, -0.1) is 11.8 Å². The number of ether oxygens (including phenoxy) is 1. The standard InChI is InChI=1S/C13H22N2O3S2/c1-2-18-9-3-8-15-20(16,17)11-10-19-13-6-4-12(14)5-7-13/h4-7,15H,2-3,8-11,14H2,1H3. The molecule has 0 atom stereocenters. The lowest BCUT2D eigenvalue weighted by atomic mass is 10.3. The average molecular weight is 318 g/mol. The topological polar surface area (TPSA) is 81.4 Å². The maximum Gasteiger partial charge on any atom is 0.212 e. The van der Waals surface area contributed by atoms with E-state index >= 15 is 0 Å². The Hall–Kier alpha value is -0.760. The van der Waals surface area contributed by atoms with Gasteiger partial charge in [0.25, 0.3) is 0 Å². The van der Waals surface area contributed by atoms with Crippen molar-refractivity contribution in [2.24, 2.45) is 0 Å². The van der Waals surface area contributed by atoms with E-state index in [0.29, 0.717) is 37.6 Å². The monoisotopic (exact) mass is 318 g/mol. The minimum absolute atomic E-state index is 0.108. The SMILES string of the molecule is CCOCCCNS(=O)(=O)CCSc1ccc(N)cc1. The van der Waals surface area contributed by atoms with Crippen molar-refractivity contribution >= 4 is 27.5 Å². The summed E-state index contributed by atoms with van der Waals surface area (Å²) >= 11 is 1.50. The van der Waals surface area contributed by atoms with E-state index in [2.05, 4.69) is 4.72 Å². The van der Waals surface area contributed by atoms with Crippen molar-refractivity contribution in [3.05, 3.63) is 24.3 Å². The molecule has 0 saturated carbocycles. The molecule has 0 aliphatic rings. The number of sulfonamides is 1. The van der Waals surface area contributed by atoms with Crippen LogP contribution in [0.25, 0.3) is 0 Å². The molecule has 0 spiro atoms. The smallest absolute Gasteiger partial charge is 0.212 e. The average Bonchev–Trinajstić information content (AvgIpc) is 2.40. The summed E-state index contributed by atoms with van der Waals surface area (Å²) in [5, 5.41) is 0. The second kappa shape index (κ2) is 9.23. The number of hydrogen-bond acceptors (Lipinski definition) is 5. The van der Waals surface area contributed by atoms with Crippen LogP contribution in [0.5, 0.6) is 0 Å². The Morgan fingerprint density at radius 2 is 2.00 bits per heavy atom. The Morgan fingerprint density at radius 3 is 2.65 bits per heavy atom. The molecule has 0 radical (unpaired) electrons. The van der Waals surface area contributed by atoms with Crippen LogP contribution in [0.1, 0.15) is 13.3 Å². The molecule has 1 aromatic rings. The van der Waals surface area contributed by atoms with Crippen LogP contribution in [-0.2, 0) is 14.8 Å². The van der Waals surface area contributed by atoms with E-state index in [4.69, 9.17) is 10.5 Å². The van der Waals surface area contributed by atoms with E-state index in [1.165, 1.54) is 11.8 Å². The first-order valence-corrected chi connectivity index (χ1v) is 9.20. The van der Waals surface area contributed by atoms with Gasteiger partial charge in [-0.25, -0.2) is 13.1 Å². The number of hydrogen-bond donors (Lipinski definition) is 2. The zero-order valence-corrected chi connectivity index (χ0v) is 13.3. The highest BCUT2D eigenvalue weighted by Crippen LogP contribution is 2.19. The molecule has 0 fully saturated rings. The summed E-state index contributed by atoms with van der Waals surface area (Å²) < 4.78 is 31.2. The van der Waals surface area contributed by atoms with Gasteiger partial charge in [0.1, 0.15) is 0 Å². The molecule has 5 nitrogen and oxygen atoms in total. The molecule has 7 heteroatoms. The molecule has 0 bridgehead atoms. The summed E-state index contributed by atoms with van der Waals surface area (Å²) in [4.78, 5) is 1.02. The highest BCUT2D eigenvalue weighted by atomic mass is 32.2. The van der Waals surface area contributed by atoms with Gasteiger partial charge in [0, 0.05) is 36.1 Å². The van der Waals surface area contributed by atoms with Crippen LogP contribution in [0.15, 0.2) is 29.2 Å². The summed E-state index contributed by atoms with van der Waals surface area (Å²) in [5.41, 5.74) is 6.30. The van der Waals surface area contributed by atoms with E-state index in [1.807, 2.05) is 31.2 Å². The summed E-state index contributed by atoms with van der Waals surface area (Å²) in [6.07, 6.45) is 0.693. The Labute approximate surface area is 125 Å². The third-order valence-corrected chi connectivity index (χ3v) is 5.15. The molecular formula is C13H22N2O3S2. The summed E-state index contributed by atoms with van der Waals surface area (Å²) in [7, 11) is -3.20. The molecular weight excluding hydrogens is 296 g/mol. The Balaban J connectivity index is 2.20. The van der Waals surface area contributed by atoms with Crippen LogP contribution in [0, 0.1) is 0 Å². The van der Waals surface area contributed by atoms with E-state index < -0.39 is 10.0 Å². The van der Waals surface area contributed by atoms with Crippen molar-refractivity contribution in [1.29, 1.82) is 0 Å². The lowest BCUT2D eigenvalue weighted by Crippen LogP contribution is -2.28. The second-order valence-corrected chi connectivity index (χ2v) is 7.28. The predicted octanol–water partition coefficient (Wildman–Crippen LogP) is 1.71. The van der Waals surface area contributed by atoms with E-state index in [0.717, 1.165) is 4.90 Å². The first-order valence-electron chi connectivity index (χ1n) is 6.57. The quantitative estimate of drug-likeness (QED) is 0.390. The van der Waals surface area contributed by atoms with Crippen molar-refractivity contribution in [2.75, 3.05) is 37.0 Å². The molecule has 0 aliphatic carbocycles. The molecule has 0 amide bonds. The van der Waals surface area contributed by atoms with Crippen LogP contribution < -0.4 is 10.5 Å². The number of nitrogens with one attached hydrogen (secondary N) is 1. The van der Waals surface area contributed by atoms with Crippen LogP contribution in [0.4, 0.5) is 5.69 Å². The van der Waals surface area contributed by atoms with Gasteiger partial charge < -0.3 is 10.5 Å². The molecule has 0 aliphatic heterocycles. The fourth-order valence-corrected chi connectivity index (χ4v) is 3.83. The molecule has 3 N–H and O–H groups in total. The first-order chi connectivity index (χ1) is 9.53. The number of thioether (sulfide) groups is 1. The van der Waals surface area contributed by atoms with Crippen LogP contribution >= 0.6 is 11.8 Å². The van der Waals surface area contributed by atoms with Gasteiger partial charge in [0.15, 0.2) is 0 Å². The predicted molar refractivity (Wildman–Crippen MR) is 84.5 cm³/mol. The highest BCUT2D eigenvalue weighted by molar-refractivity contribution is 8.00. The number of rotatable bonds is 10. The molecule has 0 heterocycles. The van der Waals surface area contributed by atoms with Gasteiger partial charge >= 0.3 is 0 Å². The number of nitrogens with two attached hydrogens (primary N) is 1. The lowest BCUT2D eigenvalue weighted by Gasteiger charge is -2.07. The summed E-state index contributed by atoms with van der Waals surface area (Å²) in [6, 6.07) is 7.40. The highest BCUT2D eigenvalue weighted by Gasteiger charge is 2.09. The lowest BCUT2D eigenvalue weighted by molar-refractivity contribution is 0.146. The third-order valence-electron chi connectivity index (χ3n) is 2.49. The molecule has 20 heavy (non-hydrogen) atoms. The minimum atomic E-state index is -3.20. The van der Waals surface area contributed by atoms with Gasteiger partial charge in [-0.2, -0.15) is 0 Å². The zero-order valence-electron chi connectivity index (χ0n) is 11.7. The minimum Gasteiger partial charge on any atom is -0.399 e. The molecule has 0 aromatic heterocycles. The maximum atomic E-state index is 11.7. The van der Waals surface area contributed by atoms with Gasteiger partial charge in [0.05, 0.1) is 5.75 Å². The van der Waals surface area contributed by atoms with E-state index in [-0.39, 0.29) is 5.75 Å². The van der Waals surface area contributed by atoms with Crippen LogP contribution in [0.3, 0.4) is 0 Å². The number of benzene rings is 1. The Bertz CT molecular complexity index is 475. The molecule has 0 saturated heterocycles. The summed E-state index contributed by atoms with van der Waals surface area (Å²) in [6.45, 7) is 3.58. The van der Waals surface area contributed by atoms with Crippen molar-refractivity contribution < 1.29 is 13.2 Å². The van der Waals surface area contributed by atoms with Gasteiger partial charge in [-0.1, -0.05) is 0 Å². The second-order valence-electron chi connectivity index (χ2n) is 4.18. The van der Waals surface area contributed by atoms with Gasteiger partial charge in [-0.3, -0.25) is 0 Å². The largest absolute Gasteiger partial charge is 0.399 e. The fraction of sp³-hybridized carbons (Fsp3) is 0.538. The van der Waals surface area contributed by atoms with Crippen molar-refractivity contribution in [3.63, 3.8) is 0 Å². The Kier molecular flexibility index (Phi) is 7.98. The molecule has 1 aromatic carbocycles. The number of nitrogen functional groups attached to an aromatic ring is 1. The van der Waals surface area contributed by atoms with Crippen molar-refractivity contribution in [2.45, 2.75) is 18.2 Å². The molecule has 1 rings (SSSR count). The molecule has 114 valence electrons. The fourth-order valence-electron chi connectivity index (χ4n) is 1.45. The summed E-state index contributed by atoms with van der Waals surface area (Å²) in [5.74, 6) is 0.626. The van der Waals surface area contributed by atoms with Crippen molar-refractivity contribution in [3.8, 4) is 0 Å². The normalized spacial score (nSPS) is 11.7. The third kappa shape index (κ3) is 7.74. The number of anilines is 1. The Morgan fingerprint density at radius 1 is 1.30 bits per heavy atom. The maximum absolute atomic E-state index is 11.7. The van der Waals surface area contributed by atoms with Crippen LogP contribution in [0.2, 0.25) is 0 Å². The van der Waals surface area contributed by atoms with E-state index in [1.54, 1.807) is 0 Å². The molecule has 0 unspecified atom stereocenters. The van der Waals surface area contributed by atoms with E-state index in [9.17, 15) is 8.42 Å². The van der Waals surface area contributed by atoms with Crippen molar-refractivity contribution in [1.82, 2.24) is 4.72 Å². The van der Waals surface area contributed by atoms with Gasteiger partial charge in [0.2, 0.25) is 10.0 Å². The first kappa shape index (κ1) is 17.3. The van der Waals surface area contributed by atoms with Crippen LogP contribution in [-0.4, -0.2) is 39.7 Å². The van der Waals surface area contributed by atoms with Gasteiger partial charge in [-0.05, 0) is 37.6 Å². The zero-order chi connectivity index (χ0) is 14.8.